The zero-order valence-corrected chi connectivity index (χ0v) is 14.9. The molecule has 0 N–H and O–H groups in total. The fourth-order valence-electron chi connectivity index (χ4n) is 3.80. The lowest BCUT2D eigenvalue weighted by Crippen LogP contribution is -2.66. The number of carbonyl (C=O) groups excluding carboxylic acids is 1. The predicted molar refractivity (Wildman–Crippen MR) is 96.0 cm³/mol. The van der Waals surface area contributed by atoms with E-state index in [0.717, 1.165) is 25.1 Å². The highest BCUT2D eigenvalue weighted by molar-refractivity contribution is 5.94. The molecule has 0 saturated carbocycles. The minimum Gasteiger partial charge on any atom is -0.478 e. The van der Waals surface area contributed by atoms with Gasteiger partial charge in [-0.15, -0.1) is 0 Å². The largest absolute Gasteiger partial charge is 0.478 e. The highest BCUT2D eigenvalue weighted by Gasteiger charge is 2.54. The Morgan fingerprint density at radius 3 is 2.92 bits per heavy atom. The van der Waals surface area contributed by atoms with Crippen molar-refractivity contribution in [3.63, 3.8) is 0 Å². The second kappa shape index (κ2) is 7.03. The average Bonchev–Trinajstić information content (AvgIpc) is 3.05. The first-order valence-electron chi connectivity index (χ1n) is 9.06. The van der Waals surface area contributed by atoms with Crippen molar-refractivity contribution in [1.82, 2.24) is 14.9 Å². The lowest BCUT2D eigenvalue weighted by Gasteiger charge is -2.50. The van der Waals surface area contributed by atoms with E-state index >= 15 is 0 Å². The SMILES string of the molecule is Cc1ccc(C(=O)N2CC3(C2)OCC[C@@H]3CCOc2ccccn2)cn1. The summed E-state index contributed by atoms with van der Waals surface area (Å²) in [5.74, 6) is 1.09. The predicted octanol–water partition coefficient (Wildman–Crippen LogP) is 2.49. The van der Waals surface area contributed by atoms with Crippen LogP contribution in [0.5, 0.6) is 5.88 Å². The monoisotopic (exact) mass is 353 g/mol. The molecule has 4 rings (SSSR count). The summed E-state index contributed by atoms with van der Waals surface area (Å²) in [6.07, 6.45) is 5.30. The quantitative estimate of drug-likeness (QED) is 0.826. The van der Waals surface area contributed by atoms with Crippen LogP contribution >= 0.6 is 0 Å². The molecule has 2 aliphatic heterocycles. The van der Waals surface area contributed by atoms with E-state index in [1.54, 1.807) is 12.4 Å². The molecule has 4 heterocycles. The Balaban J connectivity index is 1.31. The standard InChI is InChI=1S/C20H23N3O3/c1-15-5-6-16(12-22-15)19(24)23-13-20(14-23)17(8-11-26-20)7-10-25-18-4-2-3-9-21-18/h2-6,9,12,17H,7-8,10-11,13-14H2,1H3/t17-/m0/s1. The average molecular weight is 353 g/mol. The maximum atomic E-state index is 12.6. The molecule has 2 fully saturated rings. The molecule has 136 valence electrons. The Morgan fingerprint density at radius 1 is 1.31 bits per heavy atom. The van der Waals surface area contributed by atoms with Crippen LogP contribution in [0.2, 0.25) is 0 Å². The van der Waals surface area contributed by atoms with Crippen LogP contribution < -0.4 is 4.74 Å². The van der Waals surface area contributed by atoms with E-state index in [2.05, 4.69) is 9.97 Å². The first-order chi connectivity index (χ1) is 12.7. The summed E-state index contributed by atoms with van der Waals surface area (Å²) in [5, 5.41) is 0. The number of rotatable bonds is 5. The van der Waals surface area contributed by atoms with Gasteiger partial charge in [-0.1, -0.05) is 6.07 Å². The van der Waals surface area contributed by atoms with Gasteiger partial charge in [0.1, 0.15) is 5.60 Å². The van der Waals surface area contributed by atoms with Crippen LogP contribution in [0.1, 0.15) is 28.9 Å². The van der Waals surface area contributed by atoms with Crippen molar-refractivity contribution in [2.75, 3.05) is 26.3 Å². The number of carbonyl (C=O) groups is 1. The van der Waals surface area contributed by atoms with Crippen LogP contribution in [0.25, 0.3) is 0 Å². The molecule has 0 bridgehead atoms. The fraction of sp³-hybridized carbons (Fsp3) is 0.450. The van der Waals surface area contributed by atoms with Crippen LogP contribution in [0.3, 0.4) is 0 Å². The van der Waals surface area contributed by atoms with Crippen LogP contribution in [-0.2, 0) is 4.74 Å². The Bertz CT molecular complexity index is 758. The highest BCUT2D eigenvalue weighted by Crippen LogP contribution is 2.42. The number of likely N-dealkylation sites (tertiary alicyclic amines) is 1. The Hall–Kier alpha value is -2.47. The molecule has 1 spiro atoms. The van der Waals surface area contributed by atoms with Gasteiger partial charge in [0.15, 0.2) is 0 Å². The molecule has 2 aliphatic rings. The van der Waals surface area contributed by atoms with Crippen molar-refractivity contribution in [1.29, 1.82) is 0 Å². The van der Waals surface area contributed by atoms with Crippen LogP contribution in [-0.4, -0.2) is 52.7 Å². The molecule has 26 heavy (non-hydrogen) atoms. The van der Waals surface area contributed by atoms with Gasteiger partial charge in [0.25, 0.3) is 5.91 Å². The number of aromatic nitrogens is 2. The minimum atomic E-state index is -0.207. The van der Waals surface area contributed by atoms with Gasteiger partial charge in [0, 0.05) is 30.8 Å². The maximum absolute atomic E-state index is 12.6. The molecule has 0 unspecified atom stereocenters. The van der Waals surface area contributed by atoms with E-state index in [4.69, 9.17) is 9.47 Å². The summed E-state index contributed by atoms with van der Waals surface area (Å²) in [6, 6.07) is 9.35. The topological polar surface area (TPSA) is 64.6 Å². The van der Waals surface area contributed by atoms with Gasteiger partial charge in [-0.05, 0) is 43.9 Å². The number of nitrogens with zero attached hydrogens (tertiary/aromatic N) is 3. The molecule has 0 aromatic carbocycles. The van der Waals surface area contributed by atoms with Crippen molar-refractivity contribution in [2.45, 2.75) is 25.4 Å². The van der Waals surface area contributed by atoms with Crippen LogP contribution in [0.4, 0.5) is 0 Å². The zero-order valence-electron chi connectivity index (χ0n) is 14.9. The summed E-state index contributed by atoms with van der Waals surface area (Å²) < 4.78 is 11.8. The van der Waals surface area contributed by atoms with E-state index in [9.17, 15) is 4.79 Å². The third-order valence-corrected chi connectivity index (χ3v) is 5.32. The number of amides is 1. The van der Waals surface area contributed by atoms with E-state index in [0.29, 0.717) is 37.1 Å². The number of hydrogen-bond donors (Lipinski definition) is 0. The van der Waals surface area contributed by atoms with Crippen molar-refractivity contribution >= 4 is 5.91 Å². The first kappa shape index (κ1) is 17.0. The van der Waals surface area contributed by atoms with Gasteiger partial charge < -0.3 is 14.4 Å². The van der Waals surface area contributed by atoms with Gasteiger partial charge in [0.05, 0.1) is 25.3 Å². The number of ether oxygens (including phenoxy) is 2. The van der Waals surface area contributed by atoms with Crippen molar-refractivity contribution in [2.24, 2.45) is 5.92 Å². The molecule has 1 atom stereocenters. The van der Waals surface area contributed by atoms with E-state index < -0.39 is 0 Å². The third kappa shape index (κ3) is 3.29. The molecule has 2 aromatic rings. The second-order valence-corrected chi connectivity index (χ2v) is 7.05. The molecule has 0 radical (unpaired) electrons. The summed E-state index contributed by atoms with van der Waals surface area (Å²) in [7, 11) is 0. The van der Waals surface area contributed by atoms with Crippen LogP contribution in [0, 0.1) is 12.8 Å². The third-order valence-electron chi connectivity index (χ3n) is 5.32. The first-order valence-corrected chi connectivity index (χ1v) is 9.06. The summed E-state index contributed by atoms with van der Waals surface area (Å²) in [5.41, 5.74) is 1.34. The molecular formula is C20H23N3O3. The highest BCUT2D eigenvalue weighted by atomic mass is 16.5. The lowest BCUT2D eigenvalue weighted by molar-refractivity contribution is -0.119. The van der Waals surface area contributed by atoms with Crippen molar-refractivity contribution in [3.8, 4) is 5.88 Å². The fourth-order valence-corrected chi connectivity index (χ4v) is 3.80. The van der Waals surface area contributed by atoms with Gasteiger partial charge in [-0.3, -0.25) is 9.78 Å². The molecule has 1 amide bonds. The Kier molecular flexibility index (Phi) is 4.59. The summed E-state index contributed by atoms with van der Waals surface area (Å²) in [4.78, 5) is 22.8. The Morgan fingerprint density at radius 2 is 2.19 bits per heavy atom. The van der Waals surface area contributed by atoms with E-state index in [1.165, 1.54) is 0 Å². The van der Waals surface area contributed by atoms with Gasteiger partial charge in [-0.2, -0.15) is 0 Å². The zero-order chi connectivity index (χ0) is 18.0. The summed E-state index contributed by atoms with van der Waals surface area (Å²) >= 11 is 0. The summed E-state index contributed by atoms with van der Waals surface area (Å²) in [6.45, 7) is 4.57. The normalized spacial score (nSPS) is 20.8. The Labute approximate surface area is 153 Å². The number of pyridine rings is 2. The maximum Gasteiger partial charge on any atom is 0.255 e. The molecule has 2 aromatic heterocycles. The second-order valence-electron chi connectivity index (χ2n) is 7.05. The van der Waals surface area contributed by atoms with Gasteiger partial charge in [-0.25, -0.2) is 4.98 Å². The van der Waals surface area contributed by atoms with E-state index in [-0.39, 0.29) is 11.5 Å². The molecular weight excluding hydrogens is 330 g/mol. The van der Waals surface area contributed by atoms with Gasteiger partial charge >= 0.3 is 0 Å². The lowest BCUT2D eigenvalue weighted by atomic mass is 9.79. The minimum absolute atomic E-state index is 0.0297. The van der Waals surface area contributed by atoms with E-state index in [1.807, 2.05) is 42.2 Å². The number of hydrogen-bond acceptors (Lipinski definition) is 5. The number of aryl methyl sites for hydroxylation is 1. The molecule has 0 aliphatic carbocycles. The molecule has 2 saturated heterocycles. The van der Waals surface area contributed by atoms with Crippen molar-refractivity contribution < 1.29 is 14.3 Å². The molecule has 6 nitrogen and oxygen atoms in total. The molecule has 6 heteroatoms. The smallest absolute Gasteiger partial charge is 0.255 e. The van der Waals surface area contributed by atoms with Gasteiger partial charge in [0.2, 0.25) is 5.88 Å². The van der Waals surface area contributed by atoms with Crippen molar-refractivity contribution in [3.05, 3.63) is 54.0 Å². The van der Waals surface area contributed by atoms with Crippen LogP contribution in [0.15, 0.2) is 42.7 Å².